The SMILES string of the molecule is CCC(=O)Nc1cccc(C(=O)N2CCCCCC2)c1. The Morgan fingerprint density at radius 3 is 2.50 bits per heavy atom. The molecule has 4 heteroatoms. The number of benzene rings is 1. The van der Waals surface area contributed by atoms with Gasteiger partial charge in [0.2, 0.25) is 5.91 Å². The Kier molecular flexibility index (Phi) is 5.16. The minimum Gasteiger partial charge on any atom is -0.339 e. The second kappa shape index (κ2) is 7.08. The third-order valence-electron chi connectivity index (χ3n) is 3.61. The van der Waals surface area contributed by atoms with Crippen molar-refractivity contribution in [2.75, 3.05) is 18.4 Å². The van der Waals surface area contributed by atoms with Gasteiger partial charge in [-0.05, 0) is 31.0 Å². The standard InChI is InChI=1S/C16H22N2O2/c1-2-15(19)17-14-9-7-8-13(12-14)16(20)18-10-5-3-4-6-11-18/h7-9,12H,2-6,10-11H2,1H3,(H,17,19). The molecule has 0 aliphatic carbocycles. The van der Waals surface area contributed by atoms with E-state index in [9.17, 15) is 9.59 Å². The van der Waals surface area contributed by atoms with Gasteiger partial charge in [-0.25, -0.2) is 0 Å². The van der Waals surface area contributed by atoms with E-state index in [2.05, 4.69) is 5.32 Å². The first-order valence-corrected chi connectivity index (χ1v) is 7.40. The van der Waals surface area contributed by atoms with Gasteiger partial charge in [-0.2, -0.15) is 0 Å². The van der Waals surface area contributed by atoms with E-state index >= 15 is 0 Å². The number of anilines is 1. The van der Waals surface area contributed by atoms with Crippen molar-refractivity contribution in [3.63, 3.8) is 0 Å². The molecule has 0 unspecified atom stereocenters. The average Bonchev–Trinajstić information content (AvgIpc) is 2.75. The summed E-state index contributed by atoms with van der Waals surface area (Å²) in [6.45, 7) is 3.48. The highest BCUT2D eigenvalue weighted by atomic mass is 16.2. The van der Waals surface area contributed by atoms with Crippen LogP contribution in [0.4, 0.5) is 5.69 Å². The zero-order chi connectivity index (χ0) is 14.4. The van der Waals surface area contributed by atoms with Crippen LogP contribution in [0.1, 0.15) is 49.4 Å². The Morgan fingerprint density at radius 2 is 1.85 bits per heavy atom. The predicted molar refractivity (Wildman–Crippen MR) is 79.7 cm³/mol. The minimum atomic E-state index is -0.0376. The summed E-state index contributed by atoms with van der Waals surface area (Å²) in [7, 11) is 0. The smallest absolute Gasteiger partial charge is 0.253 e. The highest BCUT2D eigenvalue weighted by Gasteiger charge is 2.17. The summed E-state index contributed by atoms with van der Waals surface area (Å²) in [5, 5.41) is 2.79. The van der Waals surface area contributed by atoms with Crippen molar-refractivity contribution in [1.29, 1.82) is 0 Å². The molecule has 4 nitrogen and oxygen atoms in total. The first kappa shape index (κ1) is 14.6. The van der Waals surface area contributed by atoms with Crippen LogP contribution in [-0.4, -0.2) is 29.8 Å². The van der Waals surface area contributed by atoms with Gasteiger partial charge in [-0.1, -0.05) is 25.8 Å². The molecule has 0 spiro atoms. The van der Waals surface area contributed by atoms with Crippen LogP contribution in [0.5, 0.6) is 0 Å². The second-order valence-electron chi connectivity index (χ2n) is 5.19. The van der Waals surface area contributed by atoms with Crippen LogP contribution in [0.3, 0.4) is 0 Å². The van der Waals surface area contributed by atoms with Crippen molar-refractivity contribution in [3.8, 4) is 0 Å². The van der Waals surface area contributed by atoms with Crippen LogP contribution in [0.15, 0.2) is 24.3 Å². The topological polar surface area (TPSA) is 49.4 Å². The fraction of sp³-hybridized carbons (Fsp3) is 0.500. The third-order valence-corrected chi connectivity index (χ3v) is 3.61. The summed E-state index contributed by atoms with van der Waals surface area (Å²) in [6, 6.07) is 7.21. The van der Waals surface area contributed by atoms with Crippen molar-refractivity contribution in [1.82, 2.24) is 4.90 Å². The number of carbonyl (C=O) groups is 2. The number of hydrogen-bond acceptors (Lipinski definition) is 2. The van der Waals surface area contributed by atoms with E-state index in [-0.39, 0.29) is 11.8 Å². The molecule has 1 N–H and O–H groups in total. The molecular formula is C16H22N2O2. The van der Waals surface area contributed by atoms with Crippen LogP contribution >= 0.6 is 0 Å². The van der Waals surface area contributed by atoms with Gasteiger partial charge in [-0.15, -0.1) is 0 Å². The van der Waals surface area contributed by atoms with E-state index in [1.54, 1.807) is 6.07 Å². The van der Waals surface area contributed by atoms with E-state index in [1.165, 1.54) is 12.8 Å². The van der Waals surface area contributed by atoms with Gasteiger partial charge in [0.25, 0.3) is 5.91 Å². The Bertz CT molecular complexity index is 477. The molecule has 2 rings (SSSR count). The molecule has 1 saturated heterocycles. The maximum atomic E-state index is 12.5. The van der Waals surface area contributed by atoms with E-state index in [0.717, 1.165) is 25.9 Å². The first-order chi connectivity index (χ1) is 9.70. The fourth-order valence-electron chi connectivity index (χ4n) is 2.44. The van der Waals surface area contributed by atoms with Crippen molar-refractivity contribution in [2.45, 2.75) is 39.0 Å². The molecule has 1 aliphatic heterocycles. The molecule has 0 radical (unpaired) electrons. The number of likely N-dealkylation sites (tertiary alicyclic amines) is 1. The third kappa shape index (κ3) is 3.83. The summed E-state index contributed by atoms with van der Waals surface area (Å²) in [6.07, 6.45) is 5.01. The maximum Gasteiger partial charge on any atom is 0.253 e. The molecule has 20 heavy (non-hydrogen) atoms. The molecule has 0 atom stereocenters. The molecule has 1 aromatic carbocycles. The summed E-state index contributed by atoms with van der Waals surface area (Å²) in [5.41, 5.74) is 1.35. The lowest BCUT2D eigenvalue weighted by Gasteiger charge is -2.20. The lowest BCUT2D eigenvalue weighted by atomic mass is 10.1. The molecule has 0 aromatic heterocycles. The molecule has 1 aromatic rings. The van der Waals surface area contributed by atoms with Crippen molar-refractivity contribution in [3.05, 3.63) is 29.8 Å². The highest BCUT2D eigenvalue weighted by molar-refractivity contribution is 5.97. The van der Waals surface area contributed by atoms with Gasteiger partial charge < -0.3 is 10.2 Å². The Balaban J connectivity index is 2.09. The van der Waals surface area contributed by atoms with Gasteiger partial charge in [-0.3, -0.25) is 9.59 Å². The lowest BCUT2D eigenvalue weighted by Crippen LogP contribution is -2.31. The predicted octanol–water partition coefficient (Wildman–Crippen LogP) is 3.05. The van der Waals surface area contributed by atoms with Crippen LogP contribution in [0, 0.1) is 0 Å². The number of carbonyl (C=O) groups excluding carboxylic acids is 2. The zero-order valence-corrected chi connectivity index (χ0v) is 12.0. The zero-order valence-electron chi connectivity index (χ0n) is 12.0. The summed E-state index contributed by atoms with van der Waals surface area (Å²) in [5.74, 6) is 0.0314. The summed E-state index contributed by atoms with van der Waals surface area (Å²) in [4.78, 5) is 25.8. The van der Waals surface area contributed by atoms with Crippen molar-refractivity contribution in [2.24, 2.45) is 0 Å². The Labute approximate surface area is 120 Å². The van der Waals surface area contributed by atoms with Crippen LogP contribution in [0.2, 0.25) is 0 Å². The Morgan fingerprint density at radius 1 is 1.15 bits per heavy atom. The summed E-state index contributed by atoms with van der Waals surface area (Å²) >= 11 is 0. The number of hydrogen-bond donors (Lipinski definition) is 1. The molecule has 2 amide bonds. The van der Waals surface area contributed by atoms with Gasteiger partial charge >= 0.3 is 0 Å². The molecule has 0 saturated carbocycles. The van der Waals surface area contributed by atoms with Crippen molar-refractivity contribution >= 4 is 17.5 Å². The van der Waals surface area contributed by atoms with E-state index in [1.807, 2.05) is 30.0 Å². The number of amides is 2. The Hall–Kier alpha value is -1.84. The fourth-order valence-corrected chi connectivity index (χ4v) is 2.44. The summed E-state index contributed by atoms with van der Waals surface area (Å²) < 4.78 is 0. The van der Waals surface area contributed by atoms with E-state index < -0.39 is 0 Å². The molecule has 0 bridgehead atoms. The van der Waals surface area contributed by atoms with Crippen LogP contribution < -0.4 is 5.32 Å². The van der Waals surface area contributed by atoms with Gasteiger partial charge in [0, 0.05) is 30.8 Å². The number of nitrogens with zero attached hydrogens (tertiary/aromatic N) is 1. The molecule has 1 heterocycles. The van der Waals surface area contributed by atoms with E-state index in [0.29, 0.717) is 17.7 Å². The molecule has 108 valence electrons. The number of nitrogens with one attached hydrogen (secondary N) is 1. The molecular weight excluding hydrogens is 252 g/mol. The monoisotopic (exact) mass is 274 g/mol. The quantitative estimate of drug-likeness (QED) is 0.921. The van der Waals surface area contributed by atoms with Gasteiger partial charge in [0.1, 0.15) is 0 Å². The van der Waals surface area contributed by atoms with Gasteiger partial charge in [0.05, 0.1) is 0 Å². The minimum absolute atomic E-state index is 0.0376. The largest absolute Gasteiger partial charge is 0.339 e. The van der Waals surface area contributed by atoms with Gasteiger partial charge in [0.15, 0.2) is 0 Å². The van der Waals surface area contributed by atoms with Crippen molar-refractivity contribution < 1.29 is 9.59 Å². The number of rotatable bonds is 3. The normalized spacial score (nSPS) is 15.6. The van der Waals surface area contributed by atoms with Crippen LogP contribution in [-0.2, 0) is 4.79 Å². The van der Waals surface area contributed by atoms with E-state index in [4.69, 9.17) is 0 Å². The molecule has 1 aliphatic rings. The highest BCUT2D eigenvalue weighted by Crippen LogP contribution is 2.16. The molecule has 1 fully saturated rings. The maximum absolute atomic E-state index is 12.5. The first-order valence-electron chi connectivity index (χ1n) is 7.40. The van der Waals surface area contributed by atoms with Crippen LogP contribution in [0.25, 0.3) is 0 Å². The average molecular weight is 274 g/mol. The lowest BCUT2D eigenvalue weighted by molar-refractivity contribution is -0.115. The second-order valence-corrected chi connectivity index (χ2v) is 5.19.